The Morgan fingerprint density at radius 3 is 1.63 bits per heavy atom. The van der Waals surface area contributed by atoms with Gasteiger partial charge in [-0.05, 0) is 12.1 Å². The van der Waals surface area contributed by atoms with Gasteiger partial charge in [0.05, 0.1) is 0 Å². The molecule has 1 aromatic carbocycles. The molecule has 1 rings (SSSR count). The molecule has 172 valence electrons. The number of para-hydroxylation sites is 1. The summed E-state index contributed by atoms with van der Waals surface area (Å²) in [4.78, 5) is 3.07. The summed E-state index contributed by atoms with van der Waals surface area (Å²) in [6, 6.07) is 4.88. The molecule has 0 heterocycles. The van der Waals surface area contributed by atoms with Crippen LogP contribution < -0.4 is 0 Å². The Bertz CT molecular complexity index is 770. The van der Waals surface area contributed by atoms with Crippen molar-refractivity contribution < 1.29 is 62.2 Å². The second-order valence-corrected chi connectivity index (χ2v) is 5.84. The maximum Gasteiger partial charge on any atom is 0.460 e. The number of nitrogens with zero attached hydrogens (tertiary/aromatic N) is 1. The zero-order valence-corrected chi connectivity index (χ0v) is 14.1. The molecule has 0 fully saturated rings. The molecule has 0 aliphatic carbocycles. The van der Waals surface area contributed by atoms with E-state index in [1.165, 1.54) is 12.1 Å². The topological polar surface area (TPSA) is 32.6 Å². The molecule has 0 aliphatic heterocycles. The van der Waals surface area contributed by atoms with Crippen LogP contribution in [0.5, 0.6) is 5.75 Å². The Morgan fingerprint density at radius 1 is 0.700 bits per heavy atom. The maximum atomic E-state index is 13.5. The lowest BCUT2D eigenvalue weighted by atomic mass is 9.92. The van der Waals surface area contributed by atoms with Gasteiger partial charge < -0.3 is 5.11 Å². The van der Waals surface area contributed by atoms with Gasteiger partial charge in [0.1, 0.15) is 5.75 Å². The average molecular weight is 467 g/mol. The van der Waals surface area contributed by atoms with Crippen LogP contribution in [0.2, 0.25) is 0 Å². The van der Waals surface area contributed by atoms with Gasteiger partial charge in [-0.2, -0.15) is 57.1 Å². The van der Waals surface area contributed by atoms with E-state index in [4.69, 9.17) is 0 Å². The van der Waals surface area contributed by atoms with Gasteiger partial charge in [0.15, 0.2) is 0 Å². The van der Waals surface area contributed by atoms with Crippen LogP contribution in [0.15, 0.2) is 29.3 Å². The minimum atomic E-state index is -7.91. The fourth-order valence-corrected chi connectivity index (χ4v) is 1.92. The predicted octanol–water partition coefficient (Wildman–Crippen LogP) is 5.94. The third kappa shape index (κ3) is 4.15. The van der Waals surface area contributed by atoms with E-state index in [1.807, 2.05) is 0 Å². The van der Waals surface area contributed by atoms with E-state index < -0.39 is 54.5 Å². The van der Waals surface area contributed by atoms with Gasteiger partial charge in [0, 0.05) is 24.7 Å². The molecule has 0 unspecified atom stereocenters. The van der Waals surface area contributed by atoms with Crippen molar-refractivity contribution in [2.75, 3.05) is 6.54 Å². The molecule has 1 aromatic rings. The Kier molecular flexibility index (Phi) is 6.71. The third-order valence-electron chi connectivity index (χ3n) is 3.72. The average Bonchev–Trinajstić information content (AvgIpc) is 2.58. The minimum Gasteiger partial charge on any atom is -0.507 e. The molecule has 0 saturated heterocycles. The number of aliphatic imine (C=N–C) groups is 1. The first kappa shape index (κ1) is 25.8. The maximum absolute atomic E-state index is 13.5. The lowest BCUT2D eigenvalue weighted by molar-refractivity contribution is -0.440. The van der Waals surface area contributed by atoms with E-state index in [1.54, 1.807) is 0 Å². The second kappa shape index (κ2) is 7.80. The van der Waals surface area contributed by atoms with Gasteiger partial charge in [-0.1, -0.05) is 12.1 Å². The van der Waals surface area contributed by atoms with Crippen molar-refractivity contribution in [2.45, 2.75) is 42.2 Å². The van der Waals surface area contributed by atoms with Gasteiger partial charge in [-0.3, -0.25) is 4.99 Å². The van der Waals surface area contributed by atoms with Crippen LogP contribution in [0.3, 0.4) is 0 Å². The molecule has 0 bridgehead atoms. The number of hydrogen-bond acceptors (Lipinski definition) is 2. The molecule has 30 heavy (non-hydrogen) atoms. The Morgan fingerprint density at radius 2 is 1.17 bits per heavy atom. The van der Waals surface area contributed by atoms with Crippen molar-refractivity contribution in [1.29, 1.82) is 0 Å². The summed E-state index contributed by atoms with van der Waals surface area (Å²) in [6.07, 6.45) is -9.24. The fourth-order valence-electron chi connectivity index (χ4n) is 1.92. The molecule has 0 aliphatic rings. The first-order valence-corrected chi connectivity index (χ1v) is 7.47. The van der Waals surface area contributed by atoms with Crippen LogP contribution in [0.1, 0.15) is 12.0 Å². The Balaban J connectivity index is 3.12. The number of halogens is 13. The highest BCUT2D eigenvalue weighted by Crippen LogP contribution is 2.60. The van der Waals surface area contributed by atoms with Gasteiger partial charge in [-0.15, -0.1) is 0 Å². The highest BCUT2D eigenvalue weighted by Gasteiger charge is 2.90. The number of alkyl halides is 13. The first-order valence-electron chi connectivity index (χ1n) is 7.47. The summed E-state index contributed by atoms with van der Waals surface area (Å²) in [6.45, 7) is -1.46. The van der Waals surface area contributed by atoms with Crippen LogP contribution in [0.4, 0.5) is 57.1 Å². The van der Waals surface area contributed by atoms with E-state index in [0.717, 1.165) is 12.1 Å². The van der Waals surface area contributed by atoms with Crippen molar-refractivity contribution >= 4 is 6.21 Å². The van der Waals surface area contributed by atoms with Crippen LogP contribution in [0, 0.1) is 0 Å². The quantitative estimate of drug-likeness (QED) is 0.373. The van der Waals surface area contributed by atoms with Gasteiger partial charge in [-0.25, -0.2) is 0 Å². The van der Waals surface area contributed by atoms with Gasteiger partial charge in [0.2, 0.25) is 0 Å². The smallest absolute Gasteiger partial charge is 0.460 e. The van der Waals surface area contributed by atoms with Crippen molar-refractivity contribution in [2.24, 2.45) is 4.99 Å². The molecular formula is C15H10F13NO. The fraction of sp³-hybridized carbons (Fsp3) is 0.533. The number of phenolic OH excluding ortho intramolecular Hbond substituents is 1. The Labute approximate surface area is 159 Å². The SMILES string of the molecule is Oc1ccccc1C=NCCC(F)(F)C(F)(F)C(F)(F)C(F)(F)C(F)(F)C(F)(F)F. The summed E-state index contributed by atoms with van der Waals surface area (Å²) < 4.78 is 168. The number of rotatable bonds is 8. The predicted molar refractivity (Wildman–Crippen MR) is 76.0 cm³/mol. The lowest BCUT2D eigenvalue weighted by Crippen LogP contribution is -2.70. The second-order valence-electron chi connectivity index (χ2n) is 5.84. The third-order valence-corrected chi connectivity index (χ3v) is 3.72. The van der Waals surface area contributed by atoms with E-state index >= 15 is 0 Å². The van der Waals surface area contributed by atoms with Crippen LogP contribution in [0.25, 0.3) is 0 Å². The summed E-state index contributed by atoms with van der Waals surface area (Å²) in [5.41, 5.74) is -0.144. The van der Waals surface area contributed by atoms with Crippen LogP contribution in [-0.4, -0.2) is 53.7 Å². The van der Waals surface area contributed by atoms with Gasteiger partial charge in [0.25, 0.3) is 0 Å². The van der Waals surface area contributed by atoms with Crippen molar-refractivity contribution in [3.05, 3.63) is 29.8 Å². The monoisotopic (exact) mass is 467 g/mol. The molecular weight excluding hydrogens is 457 g/mol. The van der Waals surface area contributed by atoms with Crippen molar-refractivity contribution in [3.63, 3.8) is 0 Å². The molecule has 0 atom stereocenters. The zero-order valence-electron chi connectivity index (χ0n) is 14.1. The minimum absolute atomic E-state index is 0.144. The zero-order chi connectivity index (χ0) is 23.8. The molecule has 0 spiro atoms. The van der Waals surface area contributed by atoms with E-state index in [0.29, 0.717) is 6.21 Å². The number of benzene rings is 1. The highest BCUT2D eigenvalue weighted by molar-refractivity contribution is 5.83. The molecule has 0 aromatic heterocycles. The van der Waals surface area contributed by atoms with Crippen molar-refractivity contribution in [1.82, 2.24) is 0 Å². The number of phenols is 1. The molecule has 1 N–H and O–H groups in total. The normalized spacial score (nSPS) is 15.1. The summed E-state index contributed by atoms with van der Waals surface area (Å²) in [5, 5.41) is 9.33. The van der Waals surface area contributed by atoms with Crippen LogP contribution >= 0.6 is 0 Å². The molecule has 0 saturated carbocycles. The first-order chi connectivity index (χ1) is 13.2. The Hall–Kier alpha value is -2.22. The van der Waals surface area contributed by atoms with E-state index in [2.05, 4.69) is 4.99 Å². The lowest BCUT2D eigenvalue weighted by Gasteiger charge is -2.39. The molecule has 2 nitrogen and oxygen atoms in total. The number of hydrogen-bond donors (Lipinski definition) is 1. The largest absolute Gasteiger partial charge is 0.507 e. The van der Waals surface area contributed by atoms with Gasteiger partial charge >= 0.3 is 35.8 Å². The molecule has 0 radical (unpaired) electrons. The van der Waals surface area contributed by atoms with Crippen LogP contribution in [-0.2, 0) is 0 Å². The summed E-state index contributed by atoms with van der Waals surface area (Å²) in [7, 11) is 0. The highest BCUT2D eigenvalue weighted by atomic mass is 19.4. The van der Waals surface area contributed by atoms with E-state index in [9.17, 15) is 62.2 Å². The molecule has 0 amide bonds. The standard InChI is InChI=1S/C15H10F13NO/c16-10(17,5-6-29-7-8-3-1-2-4-9(8)30)11(18,19)12(20,21)13(22,23)14(24,25)15(26,27)28/h1-4,7,30H,5-6H2. The van der Waals surface area contributed by atoms with E-state index in [-0.39, 0.29) is 5.56 Å². The molecule has 15 heteroatoms. The number of aromatic hydroxyl groups is 1. The van der Waals surface area contributed by atoms with Crippen molar-refractivity contribution in [3.8, 4) is 5.75 Å². The summed E-state index contributed by atoms with van der Waals surface area (Å²) in [5.74, 6) is -37.4. The summed E-state index contributed by atoms with van der Waals surface area (Å²) >= 11 is 0.